The van der Waals surface area contributed by atoms with Crippen molar-refractivity contribution in [2.75, 3.05) is 13.7 Å². The fourth-order valence-electron chi connectivity index (χ4n) is 2.11. The number of nitrogens with one attached hydrogen (secondary N) is 2. The summed E-state index contributed by atoms with van der Waals surface area (Å²) in [5, 5.41) is 3.58. The highest BCUT2D eigenvalue weighted by Crippen LogP contribution is 2.19. The largest absolute Gasteiger partial charge is 0.375 e. The molecule has 106 valence electrons. The molecule has 20 heavy (non-hydrogen) atoms. The van der Waals surface area contributed by atoms with Gasteiger partial charge in [-0.2, -0.15) is 0 Å². The van der Waals surface area contributed by atoms with E-state index < -0.39 is 11.9 Å². The average Bonchev–Trinajstić information content (AvgIpc) is 2.82. The zero-order valence-corrected chi connectivity index (χ0v) is 11.2. The summed E-state index contributed by atoms with van der Waals surface area (Å²) < 4.78 is 4.72. The summed E-state index contributed by atoms with van der Waals surface area (Å²) in [7, 11) is 1.42. The van der Waals surface area contributed by atoms with Crippen LogP contribution >= 0.6 is 0 Å². The van der Waals surface area contributed by atoms with Crippen molar-refractivity contribution in [2.45, 2.75) is 12.5 Å². The van der Waals surface area contributed by atoms with Crippen LogP contribution in [0.15, 0.2) is 30.5 Å². The second-order valence-corrected chi connectivity index (χ2v) is 4.52. The number of aromatic amines is 1. The summed E-state index contributed by atoms with van der Waals surface area (Å²) in [6, 6.07) is 6.99. The molecule has 2 rings (SSSR count). The van der Waals surface area contributed by atoms with Crippen molar-refractivity contribution in [3.05, 3.63) is 36.0 Å². The number of amides is 2. The van der Waals surface area contributed by atoms with Crippen LogP contribution in [-0.2, 0) is 20.7 Å². The van der Waals surface area contributed by atoms with Gasteiger partial charge in [-0.15, -0.1) is 0 Å². The number of hydrogen-bond acceptors (Lipinski definition) is 3. The third-order valence-corrected chi connectivity index (χ3v) is 3.05. The number of benzene rings is 1. The predicted octanol–water partition coefficient (Wildman–Crippen LogP) is 0.327. The Hall–Kier alpha value is -2.34. The van der Waals surface area contributed by atoms with Crippen molar-refractivity contribution >= 4 is 22.7 Å². The molecule has 0 bridgehead atoms. The van der Waals surface area contributed by atoms with E-state index >= 15 is 0 Å². The van der Waals surface area contributed by atoms with Crippen molar-refractivity contribution in [3.63, 3.8) is 0 Å². The Bertz CT molecular complexity index is 621. The lowest BCUT2D eigenvalue weighted by molar-refractivity contribution is -0.129. The van der Waals surface area contributed by atoms with Gasteiger partial charge < -0.3 is 20.8 Å². The number of para-hydroxylation sites is 1. The topological polar surface area (TPSA) is 97.2 Å². The first-order valence-electron chi connectivity index (χ1n) is 6.24. The Balaban J connectivity index is 2.15. The number of carbonyl (C=O) groups is 2. The molecule has 0 radical (unpaired) electrons. The van der Waals surface area contributed by atoms with Crippen molar-refractivity contribution in [1.29, 1.82) is 0 Å². The molecule has 6 heteroatoms. The van der Waals surface area contributed by atoms with E-state index in [0.717, 1.165) is 16.5 Å². The predicted molar refractivity (Wildman–Crippen MR) is 75.0 cm³/mol. The van der Waals surface area contributed by atoms with Gasteiger partial charge in [0.1, 0.15) is 12.6 Å². The maximum atomic E-state index is 11.5. The monoisotopic (exact) mass is 275 g/mol. The lowest BCUT2D eigenvalue weighted by atomic mass is 10.0. The number of aromatic nitrogens is 1. The second-order valence-electron chi connectivity index (χ2n) is 4.52. The lowest BCUT2D eigenvalue weighted by Gasteiger charge is -2.14. The Labute approximate surface area is 116 Å². The van der Waals surface area contributed by atoms with Crippen molar-refractivity contribution in [2.24, 2.45) is 5.73 Å². The molecule has 1 atom stereocenters. The number of hydrogen-bond donors (Lipinski definition) is 3. The average molecular weight is 275 g/mol. The minimum atomic E-state index is -0.753. The summed E-state index contributed by atoms with van der Waals surface area (Å²) in [5.41, 5.74) is 7.25. The summed E-state index contributed by atoms with van der Waals surface area (Å²) in [5.74, 6) is -0.934. The third kappa shape index (κ3) is 3.16. The van der Waals surface area contributed by atoms with E-state index in [-0.39, 0.29) is 12.5 Å². The number of carbonyl (C=O) groups excluding carboxylic acids is 2. The van der Waals surface area contributed by atoms with Gasteiger partial charge in [0.15, 0.2) is 0 Å². The molecule has 0 unspecified atom stereocenters. The molecule has 0 saturated carbocycles. The van der Waals surface area contributed by atoms with Crippen molar-refractivity contribution < 1.29 is 14.3 Å². The number of methoxy groups -OCH3 is 1. The standard InChI is InChI=1S/C14H17N3O3/c1-20-8-13(18)17-12(14(15)19)6-9-7-16-11-5-3-2-4-10(9)11/h2-5,7,12,16H,6,8H2,1H3,(H2,15,19)(H,17,18)/t12-/m0/s1. The quantitative estimate of drug-likeness (QED) is 0.708. The normalized spacial score (nSPS) is 12.2. The molecule has 0 aliphatic rings. The van der Waals surface area contributed by atoms with Gasteiger partial charge >= 0.3 is 0 Å². The molecule has 2 amide bonds. The highest BCUT2D eigenvalue weighted by Gasteiger charge is 2.19. The summed E-state index contributed by atoms with van der Waals surface area (Å²) in [6.07, 6.45) is 2.16. The van der Waals surface area contributed by atoms with Gasteiger partial charge in [0.05, 0.1) is 0 Å². The van der Waals surface area contributed by atoms with Crippen LogP contribution in [0.25, 0.3) is 10.9 Å². The number of fused-ring (bicyclic) bond motifs is 1. The highest BCUT2D eigenvalue weighted by atomic mass is 16.5. The zero-order chi connectivity index (χ0) is 14.5. The van der Waals surface area contributed by atoms with Crippen LogP contribution in [0.3, 0.4) is 0 Å². The van der Waals surface area contributed by atoms with Gasteiger partial charge in [-0.05, 0) is 11.6 Å². The van der Waals surface area contributed by atoms with Crippen LogP contribution in [0.5, 0.6) is 0 Å². The molecule has 6 nitrogen and oxygen atoms in total. The molecule has 1 aromatic carbocycles. The van der Waals surface area contributed by atoms with E-state index in [2.05, 4.69) is 10.3 Å². The van der Waals surface area contributed by atoms with E-state index in [9.17, 15) is 9.59 Å². The first-order chi connectivity index (χ1) is 9.61. The molecular weight excluding hydrogens is 258 g/mol. The molecule has 0 aliphatic carbocycles. The summed E-state index contributed by atoms with van der Waals surface area (Å²) >= 11 is 0. The van der Waals surface area contributed by atoms with Gasteiger partial charge in [0, 0.05) is 30.6 Å². The van der Waals surface area contributed by atoms with Crippen LogP contribution in [0.2, 0.25) is 0 Å². The molecule has 0 spiro atoms. The van der Waals surface area contributed by atoms with Gasteiger partial charge in [-0.25, -0.2) is 0 Å². The first kappa shape index (κ1) is 14.1. The Morgan fingerprint density at radius 1 is 1.40 bits per heavy atom. The van der Waals surface area contributed by atoms with Crippen LogP contribution < -0.4 is 11.1 Å². The first-order valence-corrected chi connectivity index (χ1v) is 6.24. The maximum absolute atomic E-state index is 11.5. The fraction of sp³-hybridized carbons (Fsp3) is 0.286. The lowest BCUT2D eigenvalue weighted by Crippen LogP contribution is -2.46. The van der Waals surface area contributed by atoms with Crippen LogP contribution in [0.1, 0.15) is 5.56 Å². The number of primary amides is 1. The number of H-pyrrole nitrogens is 1. The SMILES string of the molecule is COCC(=O)N[C@@H](Cc1c[nH]c2ccccc12)C(N)=O. The molecule has 1 heterocycles. The molecule has 0 fully saturated rings. The molecular formula is C14H17N3O3. The van der Waals surface area contributed by atoms with Gasteiger partial charge in [-0.1, -0.05) is 18.2 Å². The fourth-order valence-corrected chi connectivity index (χ4v) is 2.11. The minimum absolute atomic E-state index is 0.0995. The van der Waals surface area contributed by atoms with Gasteiger partial charge in [0.2, 0.25) is 11.8 Å². The van der Waals surface area contributed by atoms with Crippen LogP contribution in [0, 0.1) is 0 Å². The number of nitrogens with two attached hydrogens (primary N) is 1. The Morgan fingerprint density at radius 2 is 2.15 bits per heavy atom. The van der Waals surface area contributed by atoms with E-state index in [0.29, 0.717) is 6.42 Å². The molecule has 4 N–H and O–H groups in total. The third-order valence-electron chi connectivity index (χ3n) is 3.05. The van der Waals surface area contributed by atoms with E-state index in [1.54, 1.807) is 0 Å². The van der Waals surface area contributed by atoms with E-state index in [1.165, 1.54) is 7.11 Å². The highest BCUT2D eigenvalue weighted by molar-refractivity contribution is 5.89. The summed E-state index contributed by atoms with van der Waals surface area (Å²) in [6.45, 7) is -0.0995. The molecule has 0 aliphatic heterocycles. The van der Waals surface area contributed by atoms with Crippen LogP contribution in [0.4, 0.5) is 0 Å². The van der Waals surface area contributed by atoms with Crippen molar-refractivity contribution in [3.8, 4) is 0 Å². The summed E-state index contributed by atoms with van der Waals surface area (Å²) in [4.78, 5) is 26.1. The second kappa shape index (κ2) is 6.21. The van der Waals surface area contributed by atoms with E-state index in [1.807, 2.05) is 30.5 Å². The molecule has 2 aromatic rings. The van der Waals surface area contributed by atoms with Gasteiger partial charge in [-0.3, -0.25) is 9.59 Å². The zero-order valence-electron chi connectivity index (χ0n) is 11.2. The smallest absolute Gasteiger partial charge is 0.246 e. The Morgan fingerprint density at radius 3 is 2.85 bits per heavy atom. The Kier molecular flexibility index (Phi) is 4.37. The van der Waals surface area contributed by atoms with Crippen LogP contribution in [-0.4, -0.2) is 36.6 Å². The number of rotatable bonds is 6. The van der Waals surface area contributed by atoms with E-state index in [4.69, 9.17) is 10.5 Å². The number of ether oxygens (including phenoxy) is 1. The maximum Gasteiger partial charge on any atom is 0.246 e. The minimum Gasteiger partial charge on any atom is -0.375 e. The van der Waals surface area contributed by atoms with Crippen molar-refractivity contribution in [1.82, 2.24) is 10.3 Å². The van der Waals surface area contributed by atoms with Gasteiger partial charge in [0.25, 0.3) is 0 Å². The molecule has 0 saturated heterocycles. The molecule has 1 aromatic heterocycles.